The van der Waals surface area contributed by atoms with Gasteiger partial charge >= 0.3 is 0 Å². The summed E-state index contributed by atoms with van der Waals surface area (Å²) in [4.78, 5) is 9.61. The van der Waals surface area contributed by atoms with Crippen molar-refractivity contribution in [2.75, 3.05) is 7.11 Å². The molecule has 0 aromatic heterocycles. The lowest BCUT2D eigenvalue weighted by Gasteiger charge is -2.03. The highest BCUT2D eigenvalue weighted by Crippen LogP contribution is 2.23. The molecule has 0 bridgehead atoms. The van der Waals surface area contributed by atoms with E-state index in [1.165, 1.54) is 13.2 Å². The minimum Gasteiger partial charge on any atom is -0.496 e. The molecule has 0 radical (unpaired) electrons. The van der Waals surface area contributed by atoms with E-state index in [0.717, 1.165) is 10.7 Å². The summed E-state index contributed by atoms with van der Waals surface area (Å²) in [5.74, 6) is 0.603. The van der Waals surface area contributed by atoms with Gasteiger partial charge in [-0.3, -0.25) is 10.1 Å². The zero-order valence-electron chi connectivity index (χ0n) is 7.44. The molecule has 1 aromatic rings. The van der Waals surface area contributed by atoms with Crippen LogP contribution < -0.4 is 4.74 Å². The number of methoxy groups -OCH3 is 1. The smallest absolute Gasteiger partial charge is 0.235 e. The van der Waals surface area contributed by atoms with E-state index in [1.54, 1.807) is 12.1 Å². The van der Waals surface area contributed by atoms with Crippen molar-refractivity contribution in [1.29, 1.82) is 0 Å². The summed E-state index contributed by atoms with van der Waals surface area (Å²) in [6, 6.07) is 5.30. The molecule has 0 atom stereocenters. The van der Waals surface area contributed by atoms with Crippen molar-refractivity contribution < 1.29 is 9.66 Å². The van der Waals surface area contributed by atoms with Crippen molar-refractivity contribution in [3.05, 3.63) is 44.5 Å². The molecular formula is C9H8BrNO3. The molecule has 0 saturated carbocycles. The SMILES string of the molecule is COc1ccc(Br)cc1/C=C/[N+](=O)[O-]. The number of nitrogens with zero attached hydrogens (tertiary/aromatic N) is 1. The highest BCUT2D eigenvalue weighted by Gasteiger charge is 2.01. The van der Waals surface area contributed by atoms with E-state index < -0.39 is 4.92 Å². The summed E-state index contributed by atoms with van der Waals surface area (Å²) in [7, 11) is 1.52. The van der Waals surface area contributed by atoms with Gasteiger partial charge in [-0.1, -0.05) is 15.9 Å². The number of rotatable bonds is 3. The minimum atomic E-state index is -0.514. The fraction of sp³-hybridized carbons (Fsp3) is 0.111. The fourth-order valence-electron chi connectivity index (χ4n) is 0.977. The van der Waals surface area contributed by atoms with Crippen LogP contribution in [0.15, 0.2) is 28.9 Å². The molecule has 14 heavy (non-hydrogen) atoms. The Bertz CT molecular complexity index is 376. The van der Waals surface area contributed by atoms with Crippen molar-refractivity contribution in [2.24, 2.45) is 0 Å². The number of halogens is 1. The van der Waals surface area contributed by atoms with Gasteiger partial charge in [0, 0.05) is 16.1 Å². The number of nitro groups is 1. The van der Waals surface area contributed by atoms with E-state index in [4.69, 9.17) is 4.74 Å². The summed E-state index contributed by atoms with van der Waals surface area (Å²) in [5, 5.41) is 10.1. The molecule has 0 aliphatic rings. The molecule has 5 heteroatoms. The van der Waals surface area contributed by atoms with E-state index in [-0.39, 0.29) is 0 Å². The van der Waals surface area contributed by atoms with Gasteiger partial charge in [-0.2, -0.15) is 0 Å². The van der Waals surface area contributed by atoms with Crippen molar-refractivity contribution in [3.8, 4) is 5.75 Å². The molecule has 0 fully saturated rings. The molecule has 0 N–H and O–H groups in total. The molecule has 1 rings (SSSR count). The van der Waals surface area contributed by atoms with E-state index in [0.29, 0.717) is 11.3 Å². The number of hydrogen-bond donors (Lipinski definition) is 0. The van der Waals surface area contributed by atoms with Crippen molar-refractivity contribution >= 4 is 22.0 Å². The molecule has 0 heterocycles. The molecule has 1 aromatic carbocycles. The second-order valence-electron chi connectivity index (χ2n) is 2.49. The average molecular weight is 258 g/mol. The first-order chi connectivity index (χ1) is 6.63. The molecule has 0 saturated heterocycles. The summed E-state index contributed by atoms with van der Waals surface area (Å²) in [6.07, 6.45) is 2.27. The third-order valence-electron chi connectivity index (χ3n) is 1.57. The topological polar surface area (TPSA) is 52.4 Å². The third kappa shape index (κ3) is 2.85. The molecular weight excluding hydrogens is 250 g/mol. The first kappa shape index (κ1) is 10.7. The van der Waals surface area contributed by atoms with Crippen LogP contribution >= 0.6 is 15.9 Å². The van der Waals surface area contributed by atoms with Gasteiger partial charge in [0.1, 0.15) is 5.75 Å². The Morgan fingerprint density at radius 3 is 2.86 bits per heavy atom. The molecule has 0 aliphatic carbocycles. The van der Waals surface area contributed by atoms with Gasteiger partial charge in [-0.05, 0) is 18.2 Å². The predicted molar refractivity (Wildman–Crippen MR) is 56.7 cm³/mol. The van der Waals surface area contributed by atoms with Gasteiger partial charge < -0.3 is 4.74 Å². The summed E-state index contributed by atoms with van der Waals surface area (Å²) >= 11 is 3.27. The lowest BCUT2D eigenvalue weighted by Crippen LogP contribution is -1.88. The predicted octanol–water partition coefficient (Wildman–Crippen LogP) is 2.71. The van der Waals surface area contributed by atoms with Crippen LogP contribution in [-0.2, 0) is 0 Å². The second-order valence-corrected chi connectivity index (χ2v) is 3.40. The normalized spacial score (nSPS) is 10.4. The largest absolute Gasteiger partial charge is 0.496 e. The van der Waals surface area contributed by atoms with Gasteiger partial charge in [0.05, 0.1) is 12.0 Å². The van der Waals surface area contributed by atoms with Crippen LogP contribution in [-0.4, -0.2) is 12.0 Å². The van der Waals surface area contributed by atoms with Crippen molar-refractivity contribution in [3.63, 3.8) is 0 Å². The maximum atomic E-state index is 10.1. The highest BCUT2D eigenvalue weighted by molar-refractivity contribution is 9.10. The standard InChI is InChI=1S/C9H8BrNO3/c1-14-9-3-2-8(10)6-7(9)4-5-11(12)13/h2-6H,1H3/b5-4+. The van der Waals surface area contributed by atoms with Gasteiger partial charge in [-0.15, -0.1) is 0 Å². The van der Waals surface area contributed by atoms with Gasteiger partial charge in [0.15, 0.2) is 0 Å². The summed E-state index contributed by atoms with van der Waals surface area (Å²) < 4.78 is 5.89. The molecule has 4 nitrogen and oxygen atoms in total. The fourth-order valence-corrected chi connectivity index (χ4v) is 1.36. The Hall–Kier alpha value is -1.36. The first-order valence-electron chi connectivity index (χ1n) is 3.78. The number of hydrogen-bond acceptors (Lipinski definition) is 3. The lowest BCUT2D eigenvalue weighted by atomic mass is 10.2. The van der Waals surface area contributed by atoms with Gasteiger partial charge in [0.2, 0.25) is 6.20 Å². The third-order valence-corrected chi connectivity index (χ3v) is 2.06. The minimum absolute atomic E-state index is 0.514. The van der Waals surface area contributed by atoms with E-state index in [1.807, 2.05) is 6.07 Å². The Morgan fingerprint density at radius 2 is 2.29 bits per heavy atom. The number of ether oxygens (including phenoxy) is 1. The second kappa shape index (κ2) is 4.76. The Morgan fingerprint density at radius 1 is 1.57 bits per heavy atom. The first-order valence-corrected chi connectivity index (χ1v) is 4.58. The van der Waals surface area contributed by atoms with Crippen molar-refractivity contribution in [2.45, 2.75) is 0 Å². The quantitative estimate of drug-likeness (QED) is 0.618. The maximum absolute atomic E-state index is 10.1. The van der Waals surface area contributed by atoms with Crippen LogP contribution in [0.3, 0.4) is 0 Å². The Labute approximate surface area is 89.5 Å². The zero-order chi connectivity index (χ0) is 10.6. The summed E-state index contributed by atoms with van der Waals surface area (Å²) in [5.41, 5.74) is 0.665. The Balaban J connectivity index is 3.04. The Kier molecular flexibility index (Phi) is 3.64. The van der Waals surface area contributed by atoms with Crippen LogP contribution in [0.5, 0.6) is 5.75 Å². The van der Waals surface area contributed by atoms with E-state index in [2.05, 4.69) is 15.9 Å². The highest BCUT2D eigenvalue weighted by atomic mass is 79.9. The van der Waals surface area contributed by atoms with Crippen LogP contribution in [0.25, 0.3) is 6.08 Å². The summed E-state index contributed by atoms with van der Waals surface area (Å²) in [6.45, 7) is 0. The zero-order valence-corrected chi connectivity index (χ0v) is 9.02. The monoisotopic (exact) mass is 257 g/mol. The van der Waals surface area contributed by atoms with Gasteiger partial charge in [-0.25, -0.2) is 0 Å². The molecule has 0 aliphatic heterocycles. The lowest BCUT2D eigenvalue weighted by molar-refractivity contribution is -0.400. The molecule has 0 amide bonds. The van der Waals surface area contributed by atoms with E-state index >= 15 is 0 Å². The van der Waals surface area contributed by atoms with Crippen LogP contribution in [0.1, 0.15) is 5.56 Å². The maximum Gasteiger partial charge on any atom is 0.235 e. The van der Waals surface area contributed by atoms with Crippen LogP contribution in [0.2, 0.25) is 0 Å². The van der Waals surface area contributed by atoms with Crippen molar-refractivity contribution in [1.82, 2.24) is 0 Å². The van der Waals surface area contributed by atoms with Gasteiger partial charge in [0.25, 0.3) is 0 Å². The molecule has 74 valence electrons. The molecule has 0 spiro atoms. The molecule has 0 unspecified atom stereocenters. The average Bonchev–Trinajstić information content (AvgIpc) is 2.15. The van der Waals surface area contributed by atoms with Crippen LogP contribution in [0, 0.1) is 10.1 Å². The van der Waals surface area contributed by atoms with E-state index in [9.17, 15) is 10.1 Å². The van der Waals surface area contributed by atoms with Crippen LogP contribution in [0.4, 0.5) is 0 Å². The number of benzene rings is 1.